The van der Waals surface area contributed by atoms with E-state index in [1.54, 1.807) is 0 Å². The molecule has 1 amide bonds. The van der Waals surface area contributed by atoms with Gasteiger partial charge in [0.2, 0.25) is 0 Å². The number of hydrogen-bond donors (Lipinski definition) is 1. The first-order valence-corrected chi connectivity index (χ1v) is 9.45. The normalized spacial score (nSPS) is 14.8. The molecule has 1 fully saturated rings. The molecule has 1 saturated heterocycles. The molecule has 2 heterocycles. The number of aryl methyl sites for hydroxylation is 2. The monoisotopic (exact) mass is 359 g/mol. The van der Waals surface area contributed by atoms with Crippen molar-refractivity contribution in [2.24, 2.45) is 0 Å². The number of hydrogen-bond acceptors (Lipinski definition) is 2. The summed E-state index contributed by atoms with van der Waals surface area (Å²) in [4.78, 5) is 15.3. The molecule has 0 saturated carbocycles. The standard InChI is InChI=1S/C20H26ClN3O/c1-3-4-11-24-14-15(2)18(16-5-7-17(21)8-6-16)19(24)20(25)23-12-9-22-10-13-23/h5-8,14,22H,3-4,9-13H2,1-2H3. The van der Waals surface area contributed by atoms with E-state index >= 15 is 0 Å². The molecular weight excluding hydrogens is 334 g/mol. The molecule has 0 spiro atoms. The molecule has 0 radical (unpaired) electrons. The fourth-order valence-electron chi connectivity index (χ4n) is 3.43. The van der Waals surface area contributed by atoms with Crippen LogP contribution in [-0.4, -0.2) is 41.6 Å². The lowest BCUT2D eigenvalue weighted by Gasteiger charge is -2.28. The van der Waals surface area contributed by atoms with Gasteiger partial charge in [-0.25, -0.2) is 0 Å². The fourth-order valence-corrected chi connectivity index (χ4v) is 3.55. The zero-order chi connectivity index (χ0) is 17.8. The summed E-state index contributed by atoms with van der Waals surface area (Å²) in [7, 11) is 0. The van der Waals surface area contributed by atoms with E-state index < -0.39 is 0 Å². The Morgan fingerprint density at radius 2 is 1.88 bits per heavy atom. The number of piperazine rings is 1. The van der Waals surface area contributed by atoms with E-state index in [0.29, 0.717) is 5.02 Å². The highest BCUT2D eigenvalue weighted by molar-refractivity contribution is 6.30. The first-order chi connectivity index (χ1) is 12.1. The zero-order valence-electron chi connectivity index (χ0n) is 15.0. The van der Waals surface area contributed by atoms with E-state index in [9.17, 15) is 4.79 Å². The third-order valence-corrected chi connectivity index (χ3v) is 5.01. The number of carbonyl (C=O) groups is 1. The van der Waals surface area contributed by atoms with Crippen LogP contribution in [-0.2, 0) is 6.54 Å². The summed E-state index contributed by atoms with van der Waals surface area (Å²) >= 11 is 6.05. The van der Waals surface area contributed by atoms with Gasteiger partial charge >= 0.3 is 0 Å². The quantitative estimate of drug-likeness (QED) is 0.877. The van der Waals surface area contributed by atoms with Crippen LogP contribution in [0.1, 0.15) is 35.8 Å². The average molecular weight is 360 g/mol. The van der Waals surface area contributed by atoms with E-state index in [2.05, 4.69) is 29.9 Å². The van der Waals surface area contributed by atoms with Crippen molar-refractivity contribution < 1.29 is 4.79 Å². The third kappa shape index (κ3) is 3.91. The number of aromatic nitrogens is 1. The number of halogens is 1. The zero-order valence-corrected chi connectivity index (χ0v) is 15.8. The molecule has 1 aromatic heterocycles. The number of amides is 1. The predicted octanol–water partition coefficient (Wildman–Crippen LogP) is 3.96. The topological polar surface area (TPSA) is 37.3 Å². The highest BCUT2D eigenvalue weighted by Crippen LogP contribution is 2.31. The van der Waals surface area contributed by atoms with Gasteiger partial charge in [0.25, 0.3) is 5.91 Å². The van der Waals surface area contributed by atoms with Crippen molar-refractivity contribution in [3.8, 4) is 11.1 Å². The minimum absolute atomic E-state index is 0.135. The molecule has 0 atom stereocenters. The Labute approximate surface area is 154 Å². The molecule has 5 heteroatoms. The molecule has 1 aliphatic rings. The molecular formula is C20H26ClN3O. The van der Waals surface area contributed by atoms with Crippen LogP contribution in [0.25, 0.3) is 11.1 Å². The molecule has 0 unspecified atom stereocenters. The van der Waals surface area contributed by atoms with Crippen LogP contribution >= 0.6 is 11.6 Å². The van der Waals surface area contributed by atoms with Gasteiger partial charge in [0.05, 0.1) is 0 Å². The number of unbranched alkanes of at least 4 members (excludes halogenated alkanes) is 1. The Kier molecular flexibility index (Phi) is 5.82. The average Bonchev–Trinajstić information content (AvgIpc) is 2.97. The Morgan fingerprint density at radius 3 is 2.52 bits per heavy atom. The molecule has 4 nitrogen and oxygen atoms in total. The molecule has 134 valence electrons. The maximum Gasteiger partial charge on any atom is 0.271 e. The van der Waals surface area contributed by atoms with Gasteiger partial charge < -0.3 is 14.8 Å². The smallest absolute Gasteiger partial charge is 0.271 e. The fraction of sp³-hybridized carbons (Fsp3) is 0.450. The van der Waals surface area contributed by atoms with E-state index in [1.165, 1.54) is 0 Å². The largest absolute Gasteiger partial charge is 0.343 e. The summed E-state index contributed by atoms with van der Waals surface area (Å²) in [5.41, 5.74) is 4.04. The minimum Gasteiger partial charge on any atom is -0.343 e. The maximum atomic E-state index is 13.3. The molecule has 1 aliphatic heterocycles. The number of benzene rings is 1. The van der Waals surface area contributed by atoms with Crippen molar-refractivity contribution in [2.75, 3.05) is 26.2 Å². The molecule has 1 N–H and O–H groups in total. The van der Waals surface area contributed by atoms with Gasteiger partial charge in [0.1, 0.15) is 5.69 Å². The van der Waals surface area contributed by atoms with E-state index in [1.807, 2.05) is 29.2 Å². The lowest BCUT2D eigenvalue weighted by Crippen LogP contribution is -2.47. The SMILES string of the molecule is CCCCn1cc(C)c(-c2ccc(Cl)cc2)c1C(=O)N1CCNCC1. The van der Waals surface area contributed by atoms with Gasteiger partial charge in [-0.2, -0.15) is 0 Å². The van der Waals surface area contributed by atoms with Crippen molar-refractivity contribution in [1.29, 1.82) is 0 Å². The van der Waals surface area contributed by atoms with Gasteiger partial charge in [-0.3, -0.25) is 4.79 Å². The number of nitrogens with one attached hydrogen (secondary N) is 1. The lowest BCUT2D eigenvalue weighted by atomic mass is 10.0. The summed E-state index contributed by atoms with van der Waals surface area (Å²) < 4.78 is 2.15. The van der Waals surface area contributed by atoms with Crippen LogP contribution in [0.2, 0.25) is 5.02 Å². The highest BCUT2D eigenvalue weighted by Gasteiger charge is 2.26. The summed E-state index contributed by atoms with van der Waals surface area (Å²) in [6, 6.07) is 7.78. The summed E-state index contributed by atoms with van der Waals surface area (Å²) in [6.45, 7) is 8.37. The van der Waals surface area contributed by atoms with Crippen LogP contribution in [0.5, 0.6) is 0 Å². The third-order valence-electron chi connectivity index (χ3n) is 4.76. The Balaban J connectivity index is 2.05. The highest BCUT2D eigenvalue weighted by atomic mass is 35.5. The second-order valence-corrected chi connectivity index (χ2v) is 7.07. The second-order valence-electron chi connectivity index (χ2n) is 6.63. The Bertz CT molecular complexity index is 730. The molecule has 0 aliphatic carbocycles. The number of rotatable bonds is 5. The molecule has 1 aromatic carbocycles. The molecule has 0 bridgehead atoms. The summed E-state index contributed by atoms with van der Waals surface area (Å²) in [5.74, 6) is 0.135. The first-order valence-electron chi connectivity index (χ1n) is 9.07. The van der Waals surface area contributed by atoms with E-state index in [-0.39, 0.29) is 5.91 Å². The minimum atomic E-state index is 0.135. The van der Waals surface area contributed by atoms with Gasteiger partial charge in [-0.05, 0) is 36.6 Å². The van der Waals surface area contributed by atoms with Crippen LogP contribution < -0.4 is 5.32 Å². The maximum absolute atomic E-state index is 13.3. The molecule has 25 heavy (non-hydrogen) atoms. The molecule has 2 aromatic rings. The van der Waals surface area contributed by atoms with E-state index in [0.717, 1.165) is 67.9 Å². The van der Waals surface area contributed by atoms with Crippen molar-refractivity contribution in [3.63, 3.8) is 0 Å². The van der Waals surface area contributed by atoms with Crippen LogP contribution in [0.15, 0.2) is 30.5 Å². The first kappa shape index (κ1) is 18.0. The van der Waals surface area contributed by atoms with E-state index in [4.69, 9.17) is 11.6 Å². The van der Waals surface area contributed by atoms with Crippen molar-refractivity contribution in [3.05, 3.63) is 46.7 Å². The Morgan fingerprint density at radius 1 is 1.20 bits per heavy atom. The summed E-state index contributed by atoms with van der Waals surface area (Å²) in [6.07, 6.45) is 4.29. The van der Waals surface area contributed by atoms with Gasteiger partial charge in [-0.1, -0.05) is 37.1 Å². The van der Waals surface area contributed by atoms with Crippen molar-refractivity contribution >= 4 is 17.5 Å². The van der Waals surface area contributed by atoms with Gasteiger partial charge in [0.15, 0.2) is 0 Å². The summed E-state index contributed by atoms with van der Waals surface area (Å²) in [5, 5.41) is 4.02. The van der Waals surface area contributed by atoms with Crippen LogP contribution in [0.3, 0.4) is 0 Å². The predicted molar refractivity (Wildman–Crippen MR) is 103 cm³/mol. The molecule has 3 rings (SSSR count). The second kappa shape index (κ2) is 8.07. The number of carbonyl (C=O) groups excluding carboxylic acids is 1. The number of nitrogens with zero attached hydrogens (tertiary/aromatic N) is 2. The van der Waals surface area contributed by atoms with Gasteiger partial charge in [0, 0.05) is 49.5 Å². The van der Waals surface area contributed by atoms with Gasteiger partial charge in [-0.15, -0.1) is 0 Å². The van der Waals surface area contributed by atoms with Crippen molar-refractivity contribution in [2.45, 2.75) is 33.2 Å². The lowest BCUT2D eigenvalue weighted by molar-refractivity contribution is 0.0725. The van der Waals surface area contributed by atoms with Crippen LogP contribution in [0.4, 0.5) is 0 Å². The van der Waals surface area contributed by atoms with Crippen LogP contribution in [0, 0.1) is 6.92 Å². The Hall–Kier alpha value is -1.78. The van der Waals surface area contributed by atoms with Crippen molar-refractivity contribution in [1.82, 2.24) is 14.8 Å².